The summed E-state index contributed by atoms with van der Waals surface area (Å²) in [6.07, 6.45) is 5.59. The van der Waals surface area contributed by atoms with Gasteiger partial charge in [-0.05, 0) is 57.8 Å². The molecule has 0 amide bonds. The Morgan fingerprint density at radius 3 is 3.00 bits per heavy atom. The lowest BCUT2D eigenvalue weighted by Gasteiger charge is -2.22. The second-order valence-corrected chi connectivity index (χ2v) is 8.00. The molecule has 0 spiro atoms. The highest BCUT2D eigenvalue weighted by Crippen LogP contribution is 2.30. The van der Waals surface area contributed by atoms with Crippen LogP contribution in [-0.4, -0.2) is 48.1 Å². The van der Waals surface area contributed by atoms with Crippen LogP contribution in [0.5, 0.6) is 0 Å². The normalized spacial score (nSPS) is 30.4. The molecule has 2 aliphatic heterocycles. The fraction of sp³-hybridized carbons (Fsp3) is 1.00. The van der Waals surface area contributed by atoms with Gasteiger partial charge in [0.25, 0.3) is 0 Å². The number of rotatable bonds is 4. The lowest BCUT2D eigenvalue weighted by atomic mass is 10.0. The molecule has 1 N–H and O–H groups in total. The standard InChI is InChI=1S/C14H28N2S/c1-14(2)6-9-16(10-11-17-14)8-3-4-13-5-7-15-12-13/h13,15H,3-12H2,1-2H3. The van der Waals surface area contributed by atoms with Gasteiger partial charge in [0, 0.05) is 17.0 Å². The third kappa shape index (κ3) is 4.80. The lowest BCUT2D eigenvalue weighted by molar-refractivity contribution is 0.271. The Kier molecular flexibility index (Phi) is 5.19. The van der Waals surface area contributed by atoms with Crippen molar-refractivity contribution in [2.75, 3.05) is 38.5 Å². The molecule has 3 heteroatoms. The van der Waals surface area contributed by atoms with Crippen molar-refractivity contribution in [3.05, 3.63) is 0 Å². The van der Waals surface area contributed by atoms with Gasteiger partial charge in [0.1, 0.15) is 0 Å². The number of thioether (sulfide) groups is 1. The maximum absolute atomic E-state index is 3.46. The van der Waals surface area contributed by atoms with Crippen molar-refractivity contribution in [2.24, 2.45) is 5.92 Å². The summed E-state index contributed by atoms with van der Waals surface area (Å²) in [5.41, 5.74) is 0. The van der Waals surface area contributed by atoms with Crippen LogP contribution in [-0.2, 0) is 0 Å². The minimum absolute atomic E-state index is 0.504. The summed E-state index contributed by atoms with van der Waals surface area (Å²) in [5.74, 6) is 2.28. The van der Waals surface area contributed by atoms with Crippen LogP contribution in [0.4, 0.5) is 0 Å². The summed E-state index contributed by atoms with van der Waals surface area (Å²) >= 11 is 2.15. The average molecular weight is 256 g/mol. The first-order valence-electron chi connectivity index (χ1n) is 7.23. The molecule has 2 rings (SSSR count). The van der Waals surface area contributed by atoms with Crippen LogP contribution in [0.2, 0.25) is 0 Å². The van der Waals surface area contributed by atoms with Gasteiger partial charge in [-0.3, -0.25) is 0 Å². The van der Waals surface area contributed by atoms with E-state index in [9.17, 15) is 0 Å². The molecule has 2 heterocycles. The zero-order valence-electron chi connectivity index (χ0n) is 11.5. The maximum Gasteiger partial charge on any atom is 0.0116 e. The van der Waals surface area contributed by atoms with Gasteiger partial charge >= 0.3 is 0 Å². The topological polar surface area (TPSA) is 15.3 Å². The Morgan fingerprint density at radius 2 is 2.24 bits per heavy atom. The van der Waals surface area contributed by atoms with E-state index < -0.39 is 0 Å². The second kappa shape index (κ2) is 6.44. The van der Waals surface area contributed by atoms with Crippen LogP contribution in [0.3, 0.4) is 0 Å². The molecule has 17 heavy (non-hydrogen) atoms. The van der Waals surface area contributed by atoms with E-state index in [1.807, 2.05) is 0 Å². The molecule has 2 nitrogen and oxygen atoms in total. The van der Waals surface area contributed by atoms with Gasteiger partial charge in [0.05, 0.1) is 0 Å². The Hall–Kier alpha value is 0.270. The molecular formula is C14H28N2S. The van der Waals surface area contributed by atoms with Crippen molar-refractivity contribution < 1.29 is 0 Å². The molecular weight excluding hydrogens is 228 g/mol. The van der Waals surface area contributed by atoms with Crippen molar-refractivity contribution in [3.8, 4) is 0 Å². The molecule has 0 aromatic carbocycles. The van der Waals surface area contributed by atoms with E-state index in [2.05, 4.69) is 35.8 Å². The van der Waals surface area contributed by atoms with Crippen molar-refractivity contribution in [1.82, 2.24) is 10.2 Å². The average Bonchev–Trinajstić information content (AvgIpc) is 2.72. The summed E-state index contributed by atoms with van der Waals surface area (Å²) in [6.45, 7) is 11.2. The smallest absolute Gasteiger partial charge is 0.0116 e. The second-order valence-electron chi connectivity index (χ2n) is 6.20. The van der Waals surface area contributed by atoms with Crippen molar-refractivity contribution in [2.45, 2.75) is 44.3 Å². The molecule has 0 aliphatic carbocycles. The highest BCUT2D eigenvalue weighted by Gasteiger charge is 2.23. The molecule has 0 saturated carbocycles. The van der Waals surface area contributed by atoms with Crippen LogP contribution >= 0.6 is 11.8 Å². The summed E-state index contributed by atoms with van der Waals surface area (Å²) in [5, 5.41) is 3.46. The number of nitrogens with one attached hydrogen (secondary N) is 1. The zero-order chi connectivity index (χ0) is 12.1. The van der Waals surface area contributed by atoms with Gasteiger partial charge in [-0.25, -0.2) is 0 Å². The van der Waals surface area contributed by atoms with Crippen LogP contribution in [0.1, 0.15) is 39.5 Å². The SMILES string of the molecule is CC1(C)CCN(CCCC2CCNC2)CCS1. The summed E-state index contributed by atoms with van der Waals surface area (Å²) in [6, 6.07) is 0. The molecule has 0 aromatic heterocycles. The van der Waals surface area contributed by atoms with E-state index in [1.54, 1.807) is 0 Å². The van der Waals surface area contributed by atoms with Gasteiger partial charge < -0.3 is 10.2 Å². The molecule has 0 radical (unpaired) electrons. The lowest BCUT2D eigenvalue weighted by Crippen LogP contribution is -2.28. The van der Waals surface area contributed by atoms with Gasteiger partial charge in [-0.1, -0.05) is 13.8 Å². The minimum Gasteiger partial charge on any atom is -0.316 e. The van der Waals surface area contributed by atoms with Crippen molar-refractivity contribution >= 4 is 11.8 Å². The van der Waals surface area contributed by atoms with Crippen LogP contribution in [0.15, 0.2) is 0 Å². The monoisotopic (exact) mass is 256 g/mol. The van der Waals surface area contributed by atoms with E-state index in [0.29, 0.717) is 4.75 Å². The predicted molar refractivity (Wildman–Crippen MR) is 77.8 cm³/mol. The van der Waals surface area contributed by atoms with Crippen LogP contribution < -0.4 is 5.32 Å². The molecule has 1 atom stereocenters. The van der Waals surface area contributed by atoms with E-state index in [1.165, 1.54) is 64.2 Å². The number of hydrogen-bond donors (Lipinski definition) is 1. The summed E-state index contributed by atoms with van der Waals surface area (Å²) in [7, 11) is 0. The first-order valence-corrected chi connectivity index (χ1v) is 8.21. The quantitative estimate of drug-likeness (QED) is 0.832. The third-order valence-electron chi connectivity index (χ3n) is 4.18. The number of nitrogens with zero attached hydrogens (tertiary/aromatic N) is 1. The largest absolute Gasteiger partial charge is 0.316 e. The van der Waals surface area contributed by atoms with Gasteiger partial charge in [0.15, 0.2) is 0 Å². The molecule has 2 fully saturated rings. The van der Waals surface area contributed by atoms with Gasteiger partial charge in [0.2, 0.25) is 0 Å². The van der Waals surface area contributed by atoms with Crippen molar-refractivity contribution in [1.29, 1.82) is 0 Å². The van der Waals surface area contributed by atoms with Gasteiger partial charge in [-0.2, -0.15) is 11.8 Å². The van der Waals surface area contributed by atoms with E-state index in [-0.39, 0.29) is 0 Å². The summed E-state index contributed by atoms with van der Waals surface area (Å²) < 4.78 is 0.504. The Labute approximate surface area is 111 Å². The van der Waals surface area contributed by atoms with E-state index in [0.717, 1.165) is 5.92 Å². The van der Waals surface area contributed by atoms with Crippen LogP contribution in [0.25, 0.3) is 0 Å². The zero-order valence-corrected chi connectivity index (χ0v) is 12.3. The van der Waals surface area contributed by atoms with Gasteiger partial charge in [-0.15, -0.1) is 0 Å². The summed E-state index contributed by atoms with van der Waals surface area (Å²) in [4.78, 5) is 2.68. The number of hydrogen-bond acceptors (Lipinski definition) is 3. The third-order valence-corrected chi connectivity index (χ3v) is 5.55. The van der Waals surface area contributed by atoms with Crippen molar-refractivity contribution in [3.63, 3.8) is 0 Å². The Balaban J connectivity index is 1.62. The first kappa shape index (κ1) is 13.7. The highest BCUT2D eigenvalue weighted by atomic mass is 32.2. The molecule has 2 saturated heterocycles. The molecule has 0 aromatic rings. The van der Waals surface area contributed by atoms with Crippen LogP contribution in [0, 0.1) is 5.92 Å². The fourth-order valence-corrected chi connectivity index (χ4v) is 3.99. The molecule has 1 unspecified atom stereocenters. The van der Waals surface area contributed by atoms with E-state index >= 15 is 0 Å². The first-order chi connectivity index (χ1) is 8.16. The predicted octanol–water partition coefficient (Wildman–Crippen LogP) is 2.59. The fourth-order valence-electron chi connectivity index (χ4n) is 2.85. The molecule has 2 aliphatic rings. The van der Waals surface area contributed by atoms with E-state index in [4.69, 9.17) is 0 Å². The molecule has 100 valence electrons. The Bertz CT molecular complexity index is 224. The Morgan fingerprint density at radius 1 is 1.35 bits per heavy atom. The highest BCUT2D eigenvalue weighted by molar-refractivity contribution is 8.00. The maximum atomic E-state index is 3.46. The molecule has 0 bridgehead atoms. The minimum atomic E-state index is 0.504.